The number of nitrogens with zero attached hydrogens (tertiary/aromatic N) is 1. The van der Waals surface area contributed by atoms with Crippen LogP contribution < -0.4 is 0 Å². The van der Waals surface area contributed by atoms with E-state index >= 15 is 0 Å². The summed E-state index contributed by atoms with van der Waals surface area (Å²) in [5.41, 5.74) is 12.5. The second-order valence-electron chi connectivity index (χ2n) is 10.7. The lowest BCUT2D eigenvalue weighted by atomic mass is 9.88. The fourth-order valence-electron chi connectivity index (χ4n) is 5.93. The van der Waals surface area contributed by atoms with E-state index in [1.54, 1.807) is 0 Å². The van der Waals surface area contributed by atoms with Crippen LogP contribution in [-0.2, 0) is 13.0 Å². The molecule has 0 spiro atoms. The van der Waals surface area contributed by atoms with Crippen molar-refractivity contribution in [1.29, 1.82) is 0 Å². The molecule has 1 heteroatoms. The molecule has 6 aromatic carbocycles. The molecule has 0 aromatic heterocycles. The molecular formula is C40H31N. The first-order chi connectivity index (χ1) is 20.3. The van der Waals surface area contributed by atoms with Crippen molar-refractivity contribution in [2.45, 2.75) is 19.4 Å². The van der Waals surface area contributed by atoms with Gasteiger partial charge in [-0.1, -0.05) is 127 Å². The minimum atomic E-state index is 0.670. The van der Waals surface area contributed by atoms with E-state index in [2.05, 4.69) is 140 Å². The lowest BCUT2D eigenvalue weighted by molar-refractivity contribution is 0.986. The molecule has 1 aliphatic carbocycles. The molecule has 0 saturated heterocycles. The second-order valence-corrected chi connectivity index (χ2v) is 10.7. The molecular weight excluding hydrogens is 494 g/mol. The lowest BCUT2D eigenvalue weighted by Crippen LogP contribution is -1.97. The van der Waals surface area contributed by atoms with Gasteiger partial charge in [0.25, 0.3) is 0 Å². The molecule has 41 heavy (non-hydrogen) atoms. The first-order valence-corrected chi connectivity index (χ1v) is 14.4. The summed E-state index contributed by atoms with van der Waals surface area (Å²) in [4.78, 5) is 4.81. The topological polar surface area (TPSA) is 12.4 Å². The van der Waals surface area contributed by atoms with Crippen molar-refractivity contribution in [3.05, 3.63) is 162 Å². The third-order valence-electron chi connectivity index (χ3n) is 8.00. The molecule has 1 nitrogen and oxygen atoms in total. The monoisotopic (exact) mass is 525 g/mol. The molecule has 0 amide bonds. The summed E-state index contributed by atoms with van der Waals surface area (Å²) < 4.78 is 0. The van der Waals surface area contributed by atoms with Crippen LogP contribution in [0.3, 0.4) is 0 Å². The summed E-state index contributed by atoms with van der Waals surface area (Å²) in [6.45, 7) is 0.670. The van der Waals surface area contributed by atoms with Gasteiger partial charge in [0.1, 0.15) is 0 Å². The number of benzene rings is 6. The molecule has 196 valence electrons. The average Bonchev–Trinajstić information content (AvgIpc) is 3.05. The third kappa shape index (κ3) is 5.27. The van der Waals surface area contributed by atoms with Gasteiger partial charge in [-0.25, -0.2) is 0 Å². The average molecular weight is 526 g/mol. The Morgan fingerprint density at radius 2 is 1.32 bits per heavy atom. The Morgan fingerprint density at radius 3 is 2.22 bits per heavy atom. The molecule has 0 unspecified atom stereocenters. The maximum atomic E-state index is 4.81. The van der Waals surface area contributed by atoms with Crippen molar-refractivity contribution in [3.63, 3.8) is 0 Å². The molecule has 0 bridgehead atoms. The summed E-state index contributed by atoms with van der Waals surface area (Å²) in [5, 5.41) is 2.55. The number of allylic oxidation sites excluding steroid dienone is 1. The number of rotatable bonds is 6. The number of fused-ring (bicyclic) bond motifs is 2. The van der Waals surface area contributed by atoms with Gasteiger partial charge in [-0.3, -0.25) is 4.99 Å². The number of aliphatic imine (C=N–C) groups is 1. The van der Waals surface area contributed by atoms with Gasteiger partial charge >= 0.3 is 0 Å². The minimum absolute atomic E-state index is 0.670. The minimum Gasteiger partial charge on any atom is -0.288 e. The quantitative estimate of drug-likeness (QED) is 0.192. The van der Waals surface area contributed by atoms with Crippen molar-refractivity contribution >= 4 is 23.1 Å². The van der Waals surface area contributed by atoms with Gasteiger partial charge in [0.2, 0.25) is 0 Å². The van der Waals surface area contributed by atoms with Crippen molar-refractivity contribution in [2.75, 3.05) is 0 Å². The Kier molecular flexibility index (Phi) is 6.85. The van der Waals surface area contributed by atoms with Crippen molar-refractivity contribution in [3.8, 4) is 33.4 Å². The van der Waals surface area contributed by atoms with E-state index in [0.29, 0.717) is 6.54 Å². The molecule has 0 atom stereocenters. The summed E-state index contributed by atoms with van der Waals surface area (Å²) >= 11 is 0. The highest BCUT2D eigenvalue weighted by molar-refractivity contribution is 5.97. The van der Waals surface area contributed by atoms with Gasteiger partial charge in [-0.2, -0.15) is 0 Å². The van der Waals surface area contributed by atoms with Crippen molar-refractivity contribution in [1.82, 2.24) is 0 Å². The van der Waals surface area contributed by atoms with Crippen LogP contribution in [0.4, 0.5) is 0 Å². The standard InChI is InChI=1S/C40H31N/c1-2-10-29(11-3-1)27-41-28-30-24-35(26-36(25-30)40-19-9-15-33-13-5-7-17-38(33)40)31-20-22-34(23-21-31)39-18-8-14-32-12-4-6-16-37(32)39/h1-4,6-12,14-26,28H,5,13,27H2. The van der Waals surface area contributed by atoms with E-state index in [1.165, 1.54) is 60.8 Å². The number of aryl methyl sites for hydroxylation is 1. The van der Waals surface area contributed by atoms with Crippen LogP contribution in [-0.4, -0.2) is 6.21 Å². The fourth-order valence-corrected chi connectivity index (χ4v) is 5.93. The van der Waals surface area contributed by atoms with E-state index in [0.717, 1.165) is 18.4 Å². The van der Waals surface area contributed by atoms with Crippen molar-refractivity contribution in [2.24, 2.45) is 4.99 Å². The van der Waals surface area contributed by atoms with Gasteiger partial charge in [0.15, 0.2) is 0 Å². The van der Waals surface area contributed by atoms with Crippen molar-refractivity contribution < 1.29 is 0 Å². The lowest BCUT2D eigenvalue weighted by Gasteiger charge is -2.17. The van der Waals surface area contributed by atoms with Crippen LogP contribution in [0.15, 0.2) is 145 Å². The van der Waals surface area contributed by atoms with Gasteiger partial charge in [-0.05, 0) is 97.4 Å². The Balaban J connectivity index is 1.29. The SMILES string of the molecule is C1=Cc2c(cccc2-c2cc(C=NCc3ccccc3)cc(-c3ccc(-c4cccc5ccccc45)cc3)c2)CC1. The predicted octanol–water partition coefficient (Wildman–Crippen LogP) is 10.4. The largest absolute Gasteiger partial charge is 0.288 e. The Morgan fingerprint density at radius 1 is 0.585 bits per heavy atom. The zero-order chi connectivity index (χ0) is 27.4. The zero-order valence-electron chi connectivity index (χ0n) is 23.0. The van der Waals surface area contributed by atoms with Gasteiger partial charge in [0, 0.05) is 6.21 Å². The third-order valence-corrected chi connectivity index (χ3v) is 8.00. The Hall–Kier alpha value is -5.01. The molecule has 0 radical (unpaired) electrons. The molecule has 0 saturated carbocycles. The van der Waals surface area contributed by atoms with Crippen LogP contribution in [0.2, 0.25) is 0 Å². The van der Waals surface area contributed by atoms with E-state index in [1.807, 2.05) is 12.3 Å². The van der Waals surface area contributed by atoms with Crippen LogP contribution >= 0.6 is 0 Å². The summed E-state index contributed by atoms with van der Waals surface area (Å²) in [5.74, 6) is 0. The summed E-state index contributed by atoms with van der Waals surface area (Å²) in [6.07, 6.45) is 8.82. The van der Waals surface area contributed by atoms with Crippen LogP contribution in [0.25, 0.3) is 50.2 Å². The maximum Gasteiger partial charge on any atom is 0.0639 e. The normalized spacial score (nSPS) is 12.6. The van der Waals surface area contributed by atoms with Gasteiger partial charge in [-0.15, -0.1) is 0 Å². The predicted molar refractivity (Wildman–Crippen MR) is 175 cm³/mol. The van der Waals surface area contributed by atoms with E-state index in [-0.39, 0.29) is 0 Å². The first-order valence-electron chi connectivity index (χ1n) is 14.4. The number of hydrogen-bond donors (Lipinski definition) is 0. The Bertz CT molecular complexity index is 1890. The summed E-state index contributed by atoms with van der Waals surface area (Å²) in [6, 6.07) is 48.1. The van der Waals surface area contributed by atoms with E-state index in [4.69, 9.17) is 4.99 Å². The van der Waals surface area contributed by atoms with E-state index < -0.39 is 0 Å². The maximum absolute atomic E-state index is 4.81. The highest BCUT2D eigenvalue weighted by Crippen LogP contribution is 2.35. The number of hydrogen-bond acceptors (Lipinski definition) is 1. The molecule has 6 aromatic rings. The first kappa shape index (κ1) is 25.0. The van der Waals surface area contributed by atoms with Crippen LogP contribution in [0, 0.1) is 0 Å². The van der Waals surface area contributed by atoms with Crippen LogP contribution in [0.5, 0.6) is 0 Å². The van der Waals surface area contributed by atoms with Gasteiger partial charge in [0.05, 0.1) is 6.54 Å². The highest BCUT2D eigenvalue weighted by Gasteiger charge is 2.13. The fraction of sp³-hybridized carbons (Fsp3) is 0.0750. The molecule has 0 heterocycles. The molecule has 7 rings (SSSR count). The van der Waals surface area contributed by atoms with Gasteiger partial charge < -0.3 is 0 Å². The molecule has 0 aliphatic heterocycles. The summed E-state index contributed by atoms with van der Waals surface area (Å²) in [7, 11) is 0. The van der Waals surface area contributed by atoms with Crippen LogP contribution in [0.1, 0.15) is 28.7 Å². The van der Waals surface area contributed by atoms with E-state index in [9.17, 15) is 0 Å². The zero-order valence-corrected chi connectivity index (χ0v) is 23.0. The molecule has 1 aliphatic rings. The highest BCUT2D eigenvalue weighted by atomic mass is 14.7. The molecule has 0 N–H and O–H groups in total. The second kappa shape index (κ2) is 11.2. The molecule has 0 fully saturated rings. The smallest absolute Gasteiger partial charge is 0.0639 e. The Labute approximate surface area is 242 Å².